The largest absolute Gasteiger partial charge is 0.310 e. The van der Waals surface area contributed by atoms with Crippen LogP contribution < -0.4 is 0 Å². The van der Waals surface area contributed by atoms with E-state index in [2.05, 4.69) is 0 Å². The van der Waals surface area contributed by atoms with Crippen molar-refractivity contribution in [1.82, 2.24) is 0 Å². The van der Waals surface area contributed by atoms with Gasteiger partial charge >= 0.3 is 0 Å². The van der Waals surface area contributed by atoms with Gasteiger partial charge in [0, 0.05) is 6.21 Å². The zero-order chi connectivity index (χ0) is 5.70. The highest BCUT2D eigenvalue weighted by molar-refractivity contribution is 6.08. The Morgan fingerprint density at radius 1 is 1.86 bits per heavy atom. The number of hydrogen-bond donors (Lipinski definition) is 1. The Balaban J connectivity index is 2.98. The van der Waals surface area contributed by atoms with Gasteiger partial charge in [0.05, 0.1) is 7.85 Å². The number of rotatable bonds is 3. The SMILES string of the molecule is [B]CCC(F)C=N. The lowest BCUT2D eigenvalue weighted by Crippen LogP contribution is -1.98. The molecule has 1 unspecified atom stereocenters. The molecule has 0 saturated carbocycles. The van der Waals surface area contributed by atoms with Crippen LogP contribution in [0.1, 0.15) is 6.42 Å². The van der Waals surface area contributed by atoms with Crippen molar-refractivity contribution in [3.63, 3.8) is 0 Å². The first kappa shape index (κ1) is 6.66. The molecule has 0 spiro atoms. The summed E-state index contributed by atoms with van der Waals surface area (Å²) in [6, 6.07) is 0. The predicted molar refractivity (Wildman–Crippen MR) is 28.9 cm³/mol. The molecular weight excluding hydrogens is 91.9 g/mol. The molecule has 0 fully saturated rings. The molecular formula is C4H7BFN. The Hall–Kier alpha value is -0.335. The quantitative estimate of drug-likeness (QED) is 0.402. The van der Waals surface area contributed by atoms with E-state index < -0.39 is 6.17 Å². The van der Waals surface area contributed by atoms with Crippen LogP contribution in [-0.4, -0.2) is 20.2 Å². The third-order valence-electron chi connectivity index (χ3n) is 0.623. The van der Waals surface area contributed by atoms with E-state index in [-0.39, 0.29) is 6.42 Å². The summed E-state index contributed by atoms with van der Waals surface area (Å²) in [6.07, 6.45) is 0.206. The topological polar surface area (TPSA) is 23.9 Å². The average molecular weight is 98.9 g/mol. The zero-order valence-electron chi connectivity index (χ0n) is 4.02. The van der Waals surface area contributed by atoms with Gasteiger partial charge in [-0.25, -0.2) is 4.39 Å². The van der Waals surface area contributed by atoms with Crippen LogP contribution in [0.2, 0.25) is 6.32 Å². The summed E-state index contributed by atoms with van der Waals surface area (Å²) >= 11 is 0. The number of nitrogens with one attached hydrogen (secondary N) is 1. The molecule has 38 valence electrons. The maximum atomic E-state index is 11.8. The Morgan fingerprint density at radius 2 is 2.43 bits per heavy atom. The zero-order valence-corrected chi connectivity index (χ0v) is 4.02. The first-order valence-electron chi connectivity index (χ1n) is 2.16. The van der Waals surface area contributed by atoms with Crippen LogP contribution in [-0.2, 0) is 0 Å². The molecule has 0 saturated heterocycles. The van der Waals surface area contributed by atoms with Crippen LogP contribution in [0.4, 0.5) is 4.39 Å². The van der Waals surface area contributed by atoms with Gasteiger partial charge in [-0.3, -0.25) is 0 Å². The van der Waals surface area contributed by atoms with Crippen LogP contribution >= 0.6 is 0 Å². The molecule has 2 radical (unpaired) electrons. The van der Waals surface area contributed by atoms with E-state index in [0.717, 1.165) is 6.21 Å². The van der Waals surface area contributed by atoms with Gasteiger partial charge in [0.1, 0.15) is 6.17 Å². The fraction of sp³-hybridized carbons (Fsp3) is 0.750. The molecule has 0 heterocycles. The van der Waals surface area contributed by atoms with Gasteiger partial charge in [0.25, 0.3) is 0 Å². The van der Waals surface area contributed by atoms with Gasteiger partial charge < -0.3 is 5.41 Å². The first-order chi connectivity index (χ1) is 3.31. The van der Waals surface area contributed by atoms with Crippen LogP contribution in [0, 0.1) is 5.41 Å². The average Bonchev–Trinajstić information content (AvgIpc) is 1.68. The van der Waals surface area contributed by atoms with E-state index in [1.165, 1.54) is 0 Å². The maximum Gasteiger partial charge on any atom is 0.134 e. The van der Waals surface area contributed by atoms with Gasteiger partial charge in [-0.2, -0.15) is 0 Å². The van der Waals surface area contributed by atoms with Gasteiger partial charge in [-0.05, 0) is 6.42 Å². The normalized spacial score (nSPS) is 13.3. The minimum absolute atomic E-state index is 0.267. The molecule has 1 N–H and O–H groups in total. The summed E-state index contributed by atoms with van der Waals surface area (Å²) in [7, 11) is 4.96. The molecule has 0 aromatic rings. The standard InChI is InChI=1S/C4H7BFN/c5-2-1-4(6)3-7/h3-4,7H,1-2H2. The molecule has 0 aromatic heterocycles. The van der Waals surface area contributed by atoms with Gasteiger partial charge in [-0.1, -0.05) is 6.32 Å². The molecule has 0 bridgehead atoms. The van der Waals surface area contributed by atoms with Crippen LogP contribution in [0.3, 0.4) is 0 Å². The summed E-state index contributed by atoms with van der Waals surface area (Å²) < 4.78 is 11.8. The fourth-order valence-corrected chi connectivity index (χ4v) is 0.243. The minimum Gasteiger partial charge on any atom is -0.310 e. The Bertz CT molecular complexity index is 57.7. The molecule has 3 heteroatoms. The Morgan fingerprint density at radius 3 is 2.57 bits per heavy atom. The molecule has 0 aliphatic carbocycles. The molecule has 7 heavy (non-hydrogen) atoms. The van der Waals surface area contributed by atoms with Crippen LogP contribution in [0.25, 0.3) is 0 Å². The molecule has 1 atom stereocenters. The van der Waals surface area contributed by atoms with Crippen molar-refractivity contribution in [2.45, 2.75) is 18.9 Å². The van der Waals surface area contributed by atoms with Crippen molar-refractivity contribution >= 4 is 14.1 Å². The highest BCUT2D eigenvalue weighted by Crippen LogP contribution is 1.94. The second-order valence-electron chi connectivity index (χ2n) is 1.26. The van der Waals surface area contributed by atoms with Crippen molar-refractivity contribution in [2.24, 2.45) is 0 Å². The summed E-state index contributed by atoms with van der Waals surface area (Å²) in [4.78, 5) is 0. The fourth-order valence-electron chi connectivity index (χ4n) is 0.243. The van der Waals surface area contributed by atoms with E-state index in [9.17, 15) is 4.39 Å². The van der Waals surface area contributed by atoms with Crippen molar-refractivity contribution < 1.29 is 4.39 Å². The van der Waals surface area contributed by atoms with Gasteiger partial charge in [0.2, 0.25) is 0 Å². The number of alkyl halides is 1. The Kier molecular flexibility index (Phi) is 3.66. The van der Waals surface area contributed by atoms with E-state index in [1.807, 2.05) is 0 Å². The summed E-state index contributed by atoms with van der Waals surface area (Å²) in [5.41, 5.74) is 0. The van der Waals surface area contributed by atoms with Crippen LogP contribution in [0.15, 0.2) is 0 Å². The van der Waals surface area contributed by atoms with Crippen molar-refractivity contribution in [2.75, 3.05) is 0 Å². The van der Waals surface area contributed by atoms with E-state index in [1.54, 1.807) is 0 Å². The molecule has 0 rings (SSSR count). The van der Waals surface area contributed by atoms with Gasteiger partial charge in [-0.15, -0.1) is 0 Å². The number of hydrogen-bond acceptors (Lipinski definition) is 1. The van der Waals surface area contributed by atoms with Crippen molar-refractivity contribution in [3.8, 4) is 0 Å². The summed E-state index contributed by atoms with van der Waals surface area (Å²) in [5.74, 6) is 0. The lowest BCUT2D eigenvalue weighted by molar-refractivity contribution is 0.420. The van der Waals surface area contributed by atoms with Crippen molar-refractivity contribution in [1.29, 1.82) is 5.41 Å². The van der Waals surface area contributed by atoms with Crippen LogP contribution in [0.5, 0.6) is 0 Å². The second-order valence-corrected chi connectivity index (χ2v) is 1.26. The monoisotopic (exact) mass is 99.1 g/mol. The lowest BCUT2D eigenvalue weighted by Gasteiger charge is -1.93. The lowest BCUT2D eigenvalue weighted by atomic mass is 10.0. The smallest absolute Gasteiger partial charge is 0.134 e. The van der Waals surface area contributed by atoms with E-state index in [0.29, 0.717) is 6.32 Å². The molecule has 0 aliphatic rings. The molecule has 0 amide bonds. The molecule has 0 aromatic carbocycles. The second kappa shape index (κ2) is 3.84. The minimum atomic E-state index is -1.13. The number of halogens is 1. The highest BCUT2D eigenvalue weighted by atomic mass is 19.1. The van der Waals surface area contributed by atoms with E-state index in [4.69, 9.17) is 13.3 Å². The molecule has 1 nitrogen and oxygen atoms in total. The third kappa shape index (κ3) is 3.50. The predicted octanol–water partition coefficient (Wildman–Crippen LogP) is 0.951. The highest BCUT2D eigenvalue weighted by Gasteiger charge is 1.95. The first-order valence-corrected chi connectivity index (χ1v) is 2.16. The maximum absolute atomic E-state index is 11.8. The molecule has 0 aliphatic heterocycles. The summed E-state index contributed by atoms with van der Waals surface area (Å²) in [5, 5.41) is 6.36. The van der Waals surface area contributed by atoms with Gasteiger partial charge in [0.15, 0.2) is 0 Å². The van der Waals surface area contributed by atoms with Crippen molar-refractivity contribution in [3.05, 3.63) is 0 Å². The third-order valence-corrected chi connectivity index (χ3v) is 0.623. The van der Waals surface area contributed by atoms with E-state index >= 15 is 0 Å². The summed E-state index contributed by atoms with van der Waals surface area (Å²) in [6.45, 7) is 0. The Labute approximate surface area is 43.8 Å².